The number of aryl methyl sites for hydroxylation is 3. The summed E-state index contributed by atoms with van der Waals surface area (Å²) in [6.45, 7) is 8.59. The summed E-state index contributed by atoms with van der Waals surface area (Å²) in [6, 6.07) is 14.7. The minimum absolute atomic E-state index is 0.0136. The number of amidine groups is 1. The average molecular weight is 825 g/mol. The first-order valence-electron chi connectivity index (χ1n) is 15.9. The quantitative estimate of drug-likeness (QED) is 0.0638. The summed E-state index contributed by atoms with van der Waals surface area (Å²) < 4.78 is 11.5. The topological polar surface area (TPSA) is 117 Å². The maximum Gasteiger partial charge on any atom is 0.280 e. The van der Waals surface area contributed by atoms with Crippen LogP contribution in [-0.4, -0.2) is 36.9 Å². The number of azo groups is 1. The molecule has 1 saturated heterocycles. The Morgan fingerprint density at radius 1 is 0.846 bits per heavy atom. The van der Waals surface area contributed by atoms with Crippen molar-refractivity contribution in [2.45, 2.75) is 46.6 Å². The Labute approximate surface area is 331 Å². The van der Waals surface area contributed by atoms with Crippen LogP contribution in [0.4, 0.5) is 22.7 Å². The van der Waals surface area contributed by atoms with Gasteiger partial charge in [0.2, 0.25) is 11.9 Å². The highest BCUT2D eigenvalue weighted by Gasteiger charge is 2.42. The Morgan fingerprint density at radius 2 is 1.56 bits per heavy atom. The molecule has 16 heteroatoms. The fourth-order valence-corrected chi connectivity index (χ4v) is 6.52. The van der Waals surface area contributed by atoms with Crippen molar-refractivity contribution >= 4 is 110 Å². The number of ether oxygens (including phenoxy) is 2. The summed E-state index contributed by atoms with van der Waals surface area (Å²) in [4.78, 5) is 31.4. The normalized spacial score (nSPS) is 15.0. The monoisotopic (exact) mass is 822 g/mol. The predicted molar refractivity (Wildman–Crippen MR) is 211 cm³/mol. The van der Waals surface area contributed by atoms with Gasteiger partial charge in [0, 0.05) is 12.1 Å². The van der Waals surface area contributed by atoms with E-state index in [1.54, 1.807) is 36.4 Å². The second kappa shape index (κ2) is 17.4. The number of hydrogen-bond donors (Lipinski definition) is 2. The van der Waals surface area contributed by atoms with Crippen molar-refractivity contribution in [3.63, 3.8) is 0 Å². The molecule has 1 aliphatic rings. The van der Waals surface area contributed by atoms with E-state index < -0.39 is 11.9 Å². The number of benzene rings is 4. The highest BCUT2D eigenvalue weighted by atomic mass is 35.5. The van der Waals surface area contributed by atoms with E-state index in [0.29, 0.717) is 36.8 Å². The smallest absolute Gasteiger partial charge is 0.280 e. The molecule has 1 unspecified atom stereocenters. The molecule has 52 heavy (non-hydrogen) atoms. The molecule has 0 aromatic heterocycles. The van der Waals surface area contributed by atoms with E-state index in [1.165, 1.54) is 0 Å². The average Bonchev–Trinajstić information content (AvgIpc) is 3.41. The van der Waals surface area contributed by atoms with Crippen LogP contribution in [0.5, 0.6) is 11.5 Å². The number of halogens is 6. The van der Waals surface area contributed by atoms with E-state index in [1.807, 2.05) is 45.9 Å². The van der Waals surface area contributed by atoms with Gasteiger partial charge in [-0.2, -0.15) is 10.2 Å². The SMILES string of the molecule is CCOc1ccc(N=NC2C(=O)N(c3c(Cl)c(Cl)c(Cl)c(Cl)c3Cl)NC2=Nc2cc(NC(=O)CCCOc3cc(C)ccc3C)ccc2Cl)cc1C. The van der Waals surface area contributed by atoms with Crippen molar-refractivity contribution in [1.82, 2.24) is 5.43 Å². The largest absolute Gasteiger partial charge is 0.494 e. The Hall–Kier alpha value is -3.77. The number of aliphatic imine (C=N–C) groups is 1. The zero-order valence-electron chi connectivity index (χ0n) is 28.3. The summed E-state index contributed by atoms with van der Waals surface area (Å²) in [5.41, 5.74) is 6.88. The fraction of sp³-hybridized carbons (Fsp3) is 0.250. The van der Waals surface area contributed by atoms with Gasteiger partial charge in [-0.3, -0.25) is 15.0 Å². The van der Waals surface area contributed by atoms with Crippen LogP contribution in [0.25, 0.3) is 0 Å². The fourth-order valence-electron chi connectivity index (χ4n) is 5.06. The van der Waals surface area contributed by atoms with E-state index in [-0.39, 0.29) is 59.7 Å². The zero-order valence-corrected chi connectivity index (χ0v) is 32.8. The lowest BCUT2D eigenvalue weighted by molar-refractivity contribution is -0.118. The van der Waals surface area contributed by atoms with Gasteiger partial charge in [-0.05, 0) is 93.3 Å². The summed E-state index contributed by atoms with van der Waals surface area (Å²) >= 11 is 38.4. The van der Waals surface area contributed by atoms with E-state index in [4.69, 9.17) is 79.1 Å². The van der Waals surface area contributed by atoms with E-state index >= 15 is 0 Å². The molecule has 0 aliphatic carbocycles. The minimum Gasteiger partial charge on any atom is -0.494 e. The van der Waals surface area contributed by atoms with E-state index in [2.05, 4.69) is 26.0 Å². The van der Waals surface area contributed by atoms with Gasteiger partial charge in [-0.1, -0.05) is 81.7 Å². The van der Waals surface area contributed by atoms with Crippen LogP contribution >= 0.6 is 69.6 Å². The van der Waals surface area contributed by atoms with Crippen molar-refractivity contribution in [3.8, 4) is 11.5 Å². The number of nitrogens with zero attached hydrogens (tertiary/aromatic N) is 4. The van der Waals surface area contributed by atoms with Gasteiger partial charge in [0.05, 0.1) is 54.7 Å². The number of carbonyl (C=O) groups is 2. The molecule has 1 atom stereocenters. The van der Waals surface area contributed by atoms with Crippen LogP contribution in [0.1, 0.15) is 36.5 Å². The van der Waals surface area contributed by atoms with Gasteiger partial charge in [0.15, 0.2) is 5.84 Å². The van der Waals surface area contributed by atoms with Gasteiger partial charge in [-0.15, -0.1) is 0 Å². The van der Waals surface area contributed by atoms with Gasteiger partial charge in [0.1, 0.15) is 17.2 Å². The van der Waals surface area contributed by atoms with Crippen LogP contribution in [0.15, 0.2) is 69.8 Å². The Balaban J connectivity index is 1.41. The molecule has 4 aromatic rings. The molecule has 10 nitrogen and oxygen atoms in total. The molecule has 4 aromatic carbocycles. The van der Waals surface area contributed by atoms with Gasteiger partial charge in [0.25, 0.3) is 5.91 Å². The Bertz CT molecular complexity index is 2060. The summed E-state index contributed by atoms with van der Waals surface area (Å²) in [7, 11) is 0. The van der Waals surface area contributed by atoms with Crippen LogP contribution in [0, 0.1) is 20.8 Å². The molecule has 1 heterocycles. The number of nitrogens with one attached hydrogen (secondary N) is 2. The van der Waals surface area contributed by atoms with Crippen molar-refractivity contribution in [3.05, 3.63) is 101 Å². The van der Waals surface area contributed by atoms with Crippen LogP contribution < -0.4 is 25.2 Å². The van der Waals surface area contributed by atoms with E-state index in [9.17, 15) is 9.59 Å². The first kappa shape index (κ1) is 39.4. The second-order valence-electron chi connectivity index (χ2n) is 11.6. The molecule has 0 bridgehead atoms. The molecule has 0 spiro atoms. The lowest BCUT2D eigenvalue weighted by atomic mass is 10.1. The van der Waals surface area contributed by atoms with Crippen molar-refractivity contribution in [1.29, 1.82) is 0 Å². The standard InChI is InChI=1S/C36H32Cl6N6O4/c1-5-51-25-13-11-22(16-20(25)4)45-46-33-35(47-48(36(33)50)34-31(41)29(39)28(38)30(40)32(34)42)44-24-17-21(10-12-23(24)37)43-27(49)7-6-14-52-26-15-18(2)8-9-19(26)3/h8-13,15-17,33H,5-7,14H2,1-4H3,(H,43,49)(H,44,47). The molecule has 2 amide bonds. The number of anilines is 2. The predicted octanol–water partition coefficient (Wildman–Crippen LogP) is 11.5. The number of hydrogen-bond acceptors (Lipinski definition) is 7. The lowest BCUT2D eigenvalue weighted by Gasteiger charge is -2.21. The third kappa shape index (κ3) is 9.05. The minimum atomic E-state index is -1.32. The van der Waals surface area contributed by atoms with Gasteiger partial charge >= 0.3 is 0 Å². The summed E-state index contributed by atoms with van der Waals surface area (Å²) in [5, 5.41) is 12.2. The molecule has 272 valence electrons. The highest BCUT2D eigenvalue weighted by Crippen LogP contribution is 2.49. The molecule has 5 rings (SSSR count). The van der Waals surface area contributed by atoms with Crippen LogP contribution in [-0.2, 0) is 9.59 Å². The van der Waals surface area contributed by atoms with Gasteiger partial charge in [-0.25, -0.2) is 10.0 Å². The molecule has 0 radical (unpaired) electrons. The van der Waals surface area contributed by atoms with Crippen molar-refractivity contribution in [2.24, 2.45) is 15.2 Å². The molecule has 1 fully saturated rings. The maximum absolute atomic E-state index is 14.0. The molecular weight excluding hydrogens is 793 g/mol. The molecule has 0 saturated carbocycles. The summed E-state index contributed by atoms with van der Waals surface area (Å²) in [6.07, 6.45) is 0.706. The van der Waals surface area contributed by atoms with Crippen LogP contribution in [0.2, 0.25) is 30.1 Å². The third-order valence-corrected chi connectivity index (χ3v) is 10.3. The number of carbonyl (C=O) groups excluding carboxylic acids is 2. The molecule has 1 aliphatic heterocycles. The van der Waals surface area contributed by atoms with Crippen molar-refractivity contribution < 1.29 is 19.1 Å². The highest BCUT2D eigenvalue weighted by molar-refractivity contribution is 6.57. The molecular formula is C36H32Cl6N6O4. The zero-order chi connectivity index (χ0) is 37.7. The maximum atomic E-state index is 14.0. The van der Waals surface area contributed by atoms with Crippen LogP contribution in [0.3, 0.4) is 0 Å². The third-order valence-electron chi connectivity index (χ3n) is 7.72. The number of hydrazine groups is 1. The Kier molecular flexibility index (Phi) is 13.2. The number of rotatable bonds is 12. The lowest BCUT2D eigenvalue weighted by Crippen LogP contribution is -2.36. The Morgan fingerprint density at radius 3 is 2.25 bits per heavy atom. The van der Waals surface area contributed by atoms with Crippen molar-refractivity contribution in [2.75, 3.05) is 23.5 Å². The van der Waals surface area contributed by atoms with E-state index in [0.717, 1.165) is 27.4 Å². The van der Waals surface area contributed by atoms with Gasteiger partial charge < -0.3 is 14.8 Å². The first-order valence-corrected chi connectivity index (χ1v) is 18.2. The summed E-state index contributed by atoms with van der Waals surface area (Å²) in [5.74, 6) is 0.607. The first-order chi connectivity index (χ1) is 24.8. The molecule has 2 N–H and O–H groups in total. The second-order valence-corrected chi connectivity index (χ2v) is 13.9. The number of amides is 2.